The van der Waals surface area contributed by atoms with Crippen LogP contribution in [0.25, 0.3) is 0 Å². The van der Waals surface area contributed by atoms with E-state index >= 15 is 0 Å². The molecule has 0 aliphatic heterocycles. The van der Waals surface area contributed by atoms with E-state index in [-0.39, 0.29) is 0 Å². The third-order valence-corrected chi connectivity index (χ3v) is 3.07. The molecule has 0 fully saturated rings. The first kappa shape index (κ1) is 12.8. The van der Waals surface area contributed by atoms with Gasteiger partial charge in [0.2, 0.25) is 0 Å². The Kier molecular flexibility index (Phi) is 3.48. The number of aromatic nitrogens is 1. The summed E-state index contributed by atoms with van der Waals surface area (Å²) >= 11 is 0. The van der Waals surface area contributed by atoms with E-state index in [0.717, 1.165) is 33.5 Å². The number of nitrogens with zero attached hydrogens (tertiary/aromatic N) is 1. The van der Waals surface area contributed by atoms with Gasteiger partial charge in [-0.2, -0.15) is 0 Å². The standard InChI is InChI=1S/C16H19NO/c1-10-5-11(2)8-14(7-10)16(18)15-13(4)6-12(3)9-17-15/h5-9,16,18H,1-4H3. The molecule has 0 amide bonds. The Hall–Kier alpha value is -1.67. The van der Waals surface area contributed by atoms with Crippen LogP contribution < -0.4 is 0 Å². The fraction of sp³-hybridized carbons (Fsp3) is 0.312. The SMILES string of the molecule is Cc1cc(C)cc(C(O)c2ncc(C)cc2C)c1. The van der Waals surface area contributed by atoms with Crippen LogP contribution in [0.15, 0.2) is 30.5 Å². The molecule has 1 heterocycles. The Morgan fingerprint density at radius 2 is 1.50 bits per heavy atom. The second kappa shape index (κ2) is 4.91. The van der Waals surface area contributed by atoms with Crippen molar-refractivity contribution in [3.8, 4) is 0 Å². The second-order valence-corrected chi connectivity index (χ2v) is 5.04. The van der Waals surface area contributed by atoms with E-state index in [1.807, 2.05) is 45.9 Å². The monoisotopic (exact) mass is 241 g/mol. The smallest absolute Gasteiger partial charge is 0.121 e. The van der Waals surface area contributed by atoms with Gasteiger partial charge < -0.3 is 5.11 Å². The fourth-order valence-corrected chi connectivity index (χ4v) is 2.34. The lowest BCUT2D eigenvalue weighted by Gasteiger charge is -2.15. The van der Waals surface area contributed by atoms with E-state index < -0.39 is 6.10 Å². The highest BCUT2D eigenvalue weighted by Gasteiger charge is 2.15. The highest BCUT2D eigenvalue weighted by Crippen LogP contribution is 2.25. The minimum absolute atomic E-state index is 0.649. The lowest BCUT2D eigenvalue weighted by Crippen LogP contribution is -2.05. The van der Waals surface area contributed by atoms with Gasteiger partial charge in [0.15, 0.2) is 0 Å². The molecule has 0 saturated carbocycles. The van der Waals surface area contributed by atoms with E-state index in [2.05, 4.69) is 11.1 Å². The average Bonchev–Trinajstić information content (AvgIpc) is 2.26. The van der Waals surface area contributed by atoms with Crippen molar-refractivity contribution in [1.82, 2.24) is 4.98 Å². The number of hydrogen-bond acceptors (Lipinski definition) is 2. The van der Waals surface area contributed by atoms with Crippen molar-refractivity contribution in [1.29, 1.82) is 0 Å². The molecule has 0 bridgehead atoms. The molecule has 1 unspecified atom stereocenters. The number of aryl methyl sites for hydroxylation is 4. The summed E-state index contributed by atoms with van der Waals surface area (Å²) in [6.07, 6.45) is 1.15. The quantitative estimate of drug-likeness (QED) is 0.874. The molecule has 18 heavy (non-hydrogen) atoms. The first-order chi connectivity index (χ1) is 8.47. The van der Waals surface area contributed by atoms with Crippen molar-refractivity contribution in [2.75, 3.05) is 0 Å². The zero-order chi connectivity index (χ0) is 13.3. The minimum atomic E-state index is -0.649. The van der Waals surface area contributed by atoms with E-state index in [4.69, 9.17) is 0 Å². The van der Waals surface area contributed by atoms with E-state index in [9.17, 15) is 5.11 Å². The Morgan fingerprint density at radius 1 is 0.889 bits per heavy atom. The van der Waals surface area contributed by atoms with E-state index in [1.165, 1.54) is 0 Å². The third-order valence-electron chi connectivity index (χ3n) is 3.07. The number of pyridine rings is 1. The van der Waals surface area contributed by atoms with Crippen molar-refractivity contribution in [2.24, 2.45) is 0 Å². The second-order valence-electron chi connectivity index (χ2n) is 5.04. The van der Waals surface area contributed by atoms with E-state index in [1.54, 1.807) is 6.20 Å². The first-order valence-electron chi connectivity index (χ1n) is 6.17. The molecule has 1 aromatic carbocycles. The molecule has 0 spiro atoms. The van der Waals surface area contributed by atoms with Crippen molar-refractivity contribution < 1.29 is 5.11 Å². The van der Waals surface area contributed by atoms with Crippen molar-refractivity contribution >= 4 is 0 Å². The van der Waals surface area contributed by atoms with Gasteiger partial charge in [-0.05, 0) is 44.4 Å². The maximum Gasteiger partial charge on any atom is 0.121 e. The van der Waals surface area contributed by atoms with Crippen molar-refractivity contribution in [3.05, 3.63) is 64.0 Å². The van der Waals surface area contributed by atoms with Crippen LogP contribution in [0.3, 0.4) is 0 Å². The van der Waals surface area contributed by atoms with Gasteiger partial charge in [-0.25, -0.2) is 0 Å². The normalized spacial score (nSPS) is 12.5. The number of hydrogen-bond donors (Lipinski definition) is 1. The minimum Gasteiger partial charge on any atom is -0.382 e. The fourth-order valence-electron chi connectivity index (χ4n) is 2.34. The molecular formula is C16H19NO. The van der Waals surface area contributed by atoms with Gasteiger partial charge in [0.1, 0.15) is 6.10 Å². The molecule has 1 aromatic heterocycles. The van der Waals surface area contributed by atoms with E-state index in [0.29, 0.717) is 0 Å². The molecule has 2 heteroatoms. The number of aliphatic hydroxyl groups is 1. The molecule has 1 N–H and O–H groups in total. The summed E-state index contributed by atoms with van der Waals surface area (Å²) in [5.74, 6) is 0. The van der Waals surface area contributed by atoms with Crippen LogP contribution in [-0.4, -0.2) is 10.1 Å². The van der Waals surface area contributed by atoms with Gasteiger partial charge in [-0.3, -0.25) is 4.98 Å². The highest BCUT2D eigenvalue weighted by molar-refractivity contribution is 5.36. The van der Waals surface area contributed by atoms with Crippen LogP contribution in [0, 0.1) is 27.7 Å². The number of aliphatic hydroxyl groups excluding tert-OH is 1. The summed E-state index contributed by atoms with van der Waals surface area (Å²) in [4.78, 5) is 4.36. The van der Waals surface area contributed by atoms with Gasteiger partial charge in [0, 0.05) is 6.20 Å². The van der Waals surface area contributed by atoms with Crippen LogP contribution >= 0.6 is 0 Å². The maximum atomic E-state index is 10.4. The third kappa shape index (κ3) is 2.59. The highest BCUT2D eigenvalue weighted by atomic mass is 16.3. The molecule has 1 atom stereocenters. The Balaban J connectivity index is 2.44. The predicted octanol–water partition coefficient (Wildman–Crippen LogP) is 3.40. The summed E-state index contributed by atoms with van der Waals surface area (Å²) < 4.78 is 0. The first-order valence-corrected chi connectivity index (χ1v) is 6.17. The lowest BCUT2D eigenvalue weighted by atomic mass is 9.98. The van der Waals surface area contributed by atoms with Crippen LogP contribution in [0.2, 0.25) is 0 Å². The van der Waals surface area contributed by atoms with Gasteiger partial charge in [0.05, 0.1) is 5.69 Å². The molecule has 2 aromatic rings. The summed E-state index contributed by atoms with van der Waals surface area (Å²) in [6.45, 7) is 8.07. The number of rotatable bonds is 2. The maximum absolute atomic E-state index is 10.4. The van der Waals surface area contributed by atoms with Gasteiger partial charge in [0.25, 0.3) is 0 Å². The summed E-state index contributed by atoms with van der Waals surface area (Å²) in [7, 11) is 0. The summed E-state index contributed by atoms with van der Waals surface area (Å²) in [6, 6.07) is 8.18. The Morgan fingerprint density at radius 3 is 2.06 bits per heavy atom. The van der Waals surface area contributed by atoms with Crippen LogP contribution in [0.4, 0.5) is 0 Å². The topological polar surface area (TPSA) is 33.1 Å². The van der Waals surface area contributed by atoms with Crippen LogP contribution in [0.1, 0.15) is 39.6 Å². The molecule has 0 aliphatic carbocycles. The molecule has 0 radical (unpaired) electrons. The van der Waals surface area contributed by atoms with Gasteiger partial charge >= 0.3 is 0 Å². The molecule has 0 aliphatic rings. The van der Waals surface area contributed by atoms with Crippen LogP contribution in [-0.2, 0) is 0 Å². The van der Waals surface area contributed by atoms with Crippen molar-refractivity contribution in [3.63, 3.8) is 0 Å². The lowest BCUT2D eigenvalue weighted by molar-refractivity contribution is 0.214. The Bertz CT molecular complexity index is 555. The summed E-state index contributed by atoms with van der Waals surface area (Å²) in [5.41, 5.74) is 6.12. The average molecular weight is 241 g/mol. The molecule has 2 nitrogen and oxygen atoms in total. The zero-order valence-corrected chi connectivity index (χ0v) is 11.4. The zero-order valence-electron chi connectivity index (χ0n) is 11.4. The Labute approximate surface area is 108 Å². The van der Waals surface area contributed by atoms with Gasteiger partial charge in [-0.15, -0.1) is 0 Å². The van der Waals surface area contributed by atoms with Gasteiger partial charge in [-0.1, -0.05) is 35.4 Å². The molecule has 94 valence electrons. The molecule has 0 saturated heterocycles. The van der Waals surface area contributed by atoms with Crippen LogP contribution in [0.5, 0.6) is 0 Å². The molecular weight excluding hydrogens is 222 g/mol. The van der Waals surface area contributed by atoms with Crippen molar-refractivity contribution in [2.45, 2.75) is 33.8 Å². The molecule has 2 rings (SSSR count). The predicted molar refractivity (Wildman–Crippen MR) is 73.7 cm³/mol. The summed E-state index contributed by atoms with van der Waals surface area (Å²) in [5, 5.41) is 10.4. The largest absolute Gasteiger partial charge is 0.382 e. The number of benzene rings is 1.